The third-order valence-electron chi connectivity index (χ3n) is 10.0. The van der Waals surface area contributed by atoms with Crippen LogP contribution in [0.2, 0.25) is 0 Å². The quantitative estimate of drug-likeness (QED) is 0.0807. The van der Waals surface area contributed by atoms with Crippen molar-refractivity contribution in [2.45, 2.75) is 105 Å². The van der Waals surface area contributed by atoms with Gasteiger partial charge in [0.25, 0.3) is 0 Å². The van der Waals surface area contributed by atoms with Crippen LogP contribution in [0.3, 0.4) is 0 Å². The summed E-state index contributed by atoms with van der Waals surface area (Å²) in [5, 5.41) is 0. The summed E-state index contributed by atoms with van der Waals surface area (Å²) in [6, 6.07) is 39.1. The van der Waals surface area contributed by atoms with Gasteiger partial charge in [-0.25, -0.2) is 0 Å². The number of benzene rings is 4. The van der Waals surface area contributed by atoms with E-state index in [1.165, 1.54) is 60.8 Å². The molecule has 2 heterocycles. The fourth-order valence-corrected chi connectivity index (χ4v) is 8.82. The zero-order valence-corrected chi connectivity index (χ0v) is 36.3. The minimum Gasteiger partial charge on any atom is -0.124 e. The van der Waals surface area contributed by atoms with Gasteiger partial charge in [0.1, 0.15) is 0 Å². The van der Waals surface area contributed by atoms with E-state index in [1.807, 2.05) is 0 Å². The van der Waals surface area contributed by atoms with E-state index >= 15 is 0 Å². The summed E-state index contributed by atoms with van der Waals surface area (Å²) in [6.45, 7) is 8.93. The van der Waals surface area contributed by atoms with Gasteiger partial charge < -0.3 is 0 Å². The molecule has 0 N–H and O–H groups in total. The molecule has 0 aliphatic carbocycles. The lowest BCUT2D eigenvalue weighted by Crippen LogP contribution is -1.85. The SMILES string of the molecule is CCCCCc1ccc(C#Cc2cc(C#Cc3ccc(CCC)cc3)c(-c3sc(C#Cc4ccc(CCCCC)cc4)cc3C#Cc3ccc(CCC)cc3)s2)cc1. The predicted octanol–water partition coefficient (Wildman–Crippen LogP) is 14.4. The Morgan fingerprint density at radius 2 is 0.638 bits per heavy atom. The zero-order valence-electron chi connectivity index (χ0n) is 34.7. The van der Waals surface area contributed by atoms with Crippen LogP contribution in [-0.2, 0) is 25.7 Å². The molecule has 6 aromatic rings. The van der Waals surface area contributed by atoms with Crippen molar-refractivity contribution in [3.05, 3.63) is 175 Å². The van der Waals surface area contributed by atoms with E-state index in [-0.39, 0.29) is 0 Å². The fraction of sp³-hybridized carbons (Fsp3) is 0.286. The molecular weight excluding hydrogens is 737 g/mol. The molecule has 0 fully saturated rings. The van der Waals surface area contributed by atoms with Gasteiger partial charge >= 0.3 is 0 Å². The molecule has 0 saturated carbocycles. The molecule has 6 rings (SSSR count). The first-order valence-electron chi connectivity index (χ1n) is 21.2. The van der Waals surface area contributed by atoms with Gasteiger partial charge in [0.15, 0.2) is 0 Å². The van der Waals surface area contributed by atoms with Crippen molar-refractivity contribution < 1.29 is 0 Å². The van der Waals surface area contributed by atoms with Crippen molar-refractivity contribution in [1.82, 2.24) is 0 Å². The van der Waals surface area contributed by atoms with Crippen LogP contribution in [0.15, 0.2) is 109 Å². The Hall–Kier alpha value is -5.48. The molecule has 2 heteroatoms. The van der Waals surface area contributed by atoms with E-state index < -0.39 is 0 Å². The molecule has 0 radical (unpaired) electrons. The maximum Gasteiger partial charge on any atom is 0.0792 e. The largest absolute Gasteiger partial charge is 0.124 e. The Balaban J connectivity index is 1.39. The molecule has 2 aromatic heterocycles. The summed E-state index contributed by atoms with van der Waals surface area (Å²) in [4.78, 5) is 4.13. The number of hydrogen-bond acceptors (Lipinski definition) is 2. The highest BCUT2D eigenvalue weighted by Crippen LogP contribution is 2.39. The summed E-state index contributed by atoms with van der Waals surface area (Å²) in [5.41, 5.74) is 11.4. The van der Waals surface area contributed by atoms with Gasteiger partial charge in [-0.2, -0.15) is 0 Å². The van der Waals surface area contributed by atoms with Gasteiger partial charge in [0.2, 0.25) is 0 Å². The van der Waals surface area contributed by atoms with E-state index in [0.29, 0.717) is 0 Å². The van der Waals surface area contributed by atoms with Crippen molar-refractivity contribution in [3.63, 3.8) is 0 Å². The first kappa shape index (κ1) is 42.1. The number of rotatable bonds is 13. The fourth-order valence-electron chi connectivity index (χ4n) is 6.73. The second-order valence-electron chi connectivity index (χ2n) is 14.9. The molecule has 0 atom stereocenters. The van der Waals surface area contributed by atoms with E-state index in [1.54, 1.807) is 22.7 Å². The van der Waals surface area contributed by atoms with Crippen LogP contribution in [0, 0.1) is 47.4 Å². The first-order chi connectivity index (χ1) is 28.5. The molecule has 0 unspecified atom stereocenters. The third-order valence-corrected chi connectivity index (χ3v) is 12.3. The summed E-state index contributed by atoms with van der Waals surface area (Å²) >= 11 is 3.38. The van der Waals surface area contributed by atoms with Crippen LogP contribution >= 0.6 is 22.7 Å². The lowest BCUT2D eigenvalue weighted by atomic mass is 10.1. The lowest BCUT2D eigenvalue weighted by Gasteiger charge is -2.00. The highest BCUT2D eigenvalue weighted by atomic mass is 32.1. The summed E-state index contributed by atoms with van der Waals surface area (Å²) in [7, 11) is 0. The normalized spacial score (nSPS) is 10.3. The van der Waals surface area contributed by atoms with Gasteiger partial charge in [-0.05, 0) is 121 Å². The lowest BCUT2D eigenvalue weighted by molar-refractivity contribution is 0.717. The van der Waals surface area contributed by atoms with E-state index in [2.05, 4.69) is 184 Å². The minimum absolute atomic E-state index is 0.963. The van der Waals surface area contributed by atoms with Crippen LogP contribution in [0.25, 0.3) is 9.75 Å². The minimum atomic E-state index is 0.963. The molecule has 58 heavy (non-hydrogen) atoms. The second kappa shape index (κ2) is 22.5. The van der Waals surface area contributed by atoms with Crippen molar-refractivity contribution in [2.75, 3.05) is 0 Å². The Bertz CT molecular complexity index is 2290. The molecule has 0 spiro atoms. The van der Waals surface area contributed by atoms with Crippen molar-refractivity contribution in [1.29, 1.82) is 0 Å². The number of unbranched alkanes of at least 4 members (excludes halogenated alkanes) is 4. The van der Waals surface area contributed by atoms with Crippen LogP contribution in [-0.4, -0.2) is 0 Å². The maximum atomic E-state index is 3.55. The van der Waals surface area contributed by atoms with Gasteiger partial charge in [-0.15, -0.1) is 22.7 Å². The van der Waals surface area contributed by atoms with Crippen LogP contribution in [0.4, 0.5) is 0 Å². The van der Waals surface area contributed by atoms with E-state index in [0.717, 1.165) is 91.4 Å². The van der Waals surface area contributed by atoms with Gasteiger partial charge in [0.05, 0.1) is 19.5 Å². The molecule has 0 amide bonds. The Morgan fingerprint density at radius 1 is 0.328 bits per heavy atom. The Labute approximate surface area is 357 Å². The molecule has 0 aliphatic rings. The molecule has 0 nitrogen and oxygen atoms in total. The topological polar surface area (TPSA) is 0 Å². The Kier molecular flexibility index (Phi) is 16.3. The summed E-state index contributed by atoms with van der Waals surface area (Å²) in [5.74, 6) is 27.9. The first-order valence-corrected chi connectivity index (χ1v) is 22.9. The Morgan fingerprint density at radius 3 is 0.948 bits per heavy atom. The molecule has 0 aliphatic heterocycles. The van der Waals surface area contributed by atoms with Gasteiger partial charge in [-0.1, -0.05) is 162 Å². The average molecular weight is 791 g/mol. The van der Waals surface area contributed by atoms with Gasteiger partial charge in [0, 0.05) is 33.4 Å². The molecule has 4 aromatic carbocycles. The number of hydrogen-bond donors (Lipinski definition) is 0. The van der Waals surface area contributed by atoms with Crippen LogP contribution in [0.1, 0.15) is 144 Å². The van der Waals surface area contributed by atoms with Crippen LogP contribution in [0.5, 0.6) is 0 Å². The number of thiophene rings is 2. The molecule has 0 bridgehead atoms. The van der Waals surface area contributed by atoms with Crippen LogP contribution < -0.4 is 0 Å². The predicted molar refractivity (Wildman–Crippen MR) is 252 cm³/mol. The standard InChI is InChI=1S/C56H54S2/c1-5-9-11-15-45-21-29-49(30-22-45)35-39-53-41-51(37-33-47-25-17-43(13-7-3)18-26-47)55(57-53)56-52(38-34-48-27-19-44(14-8-4)20-28-48)42-54(58-56)40-36-50-31-23-46(24-32-50)16-12-10-6-2/h17-32,41-42H,5-16H2,1-4H3. The smallest absolute Gasteiger partial charge is 0.0792 e. The van der Waals surface area contributed by atoms with Gasteiger partial charge in [-0.3, -0.25) is 0 Å². The highest BCUT2D eigenvalue weighted by Gasteiger charge is 2.16. The van der Waals surface area contributed by atoms with Crippen molar-refractivity contribution in [2.24, 2.45) is 0 Å². The van der Waals surface area contributed by atoms with Crippen molar-refractivity contribution >= 4 is 22.7 Å². The van der Waals surface area contributed by atoms with E-state index in [9.17, 15) is 0 Å². The molecular formula is C56H54S2. The maximum absolute atomic E-state index is 3.55. The summed E-state index contributed by atoms with van der Waals surface area (Å²) in [6.07, 6.45) is 14.1. The van der Waals surface area contributed by atoms with E-state index in [4.69, 9.17) is 0 Å². The van der Waals surface area contributed by atoms with Crippen molar-refractivity contribution in [3.8, 4) is 57.1 Å². The molecule has 0 saturated heterocycles. The third kappa shape index (κ3) is 12.8. The molecule has 290 valence electrons. The second-order valence-corrected chi connectivity index (χ2v) is 17.0. The summed E-state index contributed by atoms with van der Waals surface area (Å²) < 4.78 is 0. The monoisotopic (exact) mass is 790 g/mol. The zero-order chi connectivity index (χ0) is 40.4. The highest BCUT2D eigenvalue weighted by molar-refractivity contribution is 7.23. The number of aryl methyl sites for hydroxylation is 4. The average Bonchev–Trinajstić information content (AvgIpc) is 3.86.